The Morgan fingerprint density at radius 2 is 2.00 bits per heavy atom. The van der Waals surface area contributed by atoms with Crippen LogP contribution >= 0.6 is 12.4 Å². The first-order valence-corrected chi connectivity index (χ1v) is 6.66. The van der Waals surface area contributed by atoms with Gasteiger partial charge in [-0.05, 0) is 43.4 Å². The molecule has 0 amide bonds. The van der Waals surface area contributed by atoms with Gasteiger partial charge in [0.25, 0.3) is 0 Å². The molecular weight excluding hydrogens is 262 g/mol. The quantitative estimate of drug-likeness (QED) is 0.799. The number of nitrogens with two attached hydrogens (primary N) is 1. The Morgan fingerprint density at radius 1 is 1.26 bits per heavy atom. The monoisotopic (exact) mass is 287 g/mol. The normalized spacial score (nSPS) is 11.8. The van der Waals surface area contributed by atoms with E-state index in [2.05, 4.69) is 25.1 Å². The Balaban J connectivity index is 0.00000324. The van der Waals surface area contributed by atoms with Crippen molar-refractivity contribution in [2.45, 2.75) is 39.2 Å². The minimum Gasteiger partial charge on any atom is -0.493 e. The Hall–Kier alpha value is -0.770. The summed E-state index contributed by atoms with van der Waals surface area (Å²) in [5.41, 5.74) is 8.37. The molecule has 0 bridgehead atoms. The maximum atomic E-state index is 5.89. The molecule has 19 heavy (non-hydrogen) atoms. The van der Waals surface area contributed by atoms with Crippen LogP contribution in [0.3, 0.4) is 0 Å². The van der Waals surface area contributed by atoms with Crippen LogP contribution in [0.25, 0.3) is 0 Å². The molecule has 4 heteroatoms. The van der Waals surface area contributed by atoms with Crippen LogP contribution in [0, 0.1) is 0 Å². The molecule has 1 aromatic rings. The molecule has 2 N–H and O–H groups in total. The van der Waals surface area contributed by atoms with Crippen molar-refractivity contribution in [3.05, 3.63) is 29.3 Å². The second-order valence-electron chi connectivity index (χ2n) is 4.71. The van der Waals surface area contributed by atoms with Crippen molar-refractivity contribution in [1.82, 2.24) is 0 Å². The molecule has 0 radical (unpaired) electrons. The Kier molecular flexibility index (Phi) is 9.66. The second kappa shape index (κ2) is 10.1. The molecule has 0 aromatic heterocycles. The van der Waals surface area contributed by atoms with Crippen molar-refractivity contribution in [3.63, 3.8) is 0 Å². The van der Waals surface area contributed by atoms with Crippen LogP contribution in [-0.4, -0.2) is 26.4 Å². The third-order valence-electron chi connectivity index (χ3n) is 2.72. The van der Waals surface area contributed by atoms with Gasteiger partial charge in [-0.3, -0.25) is 0 Å². The Morgan fingerprint density at radius 3 is 2.58 bits per heavy atom. The minimum atomic E-state index is 0. The van der Waals surface area contributed by atoms with Crippen molar-refractivity contribution >= 4 is 12.4 Å². The lowest BCUT2D eigenvalue weighted by Crippen LogP contribution is -2.18. The van der Waals surface area contributed by atoms with Gasteiger partial charge in [0.15, 0.2) is 0 Å². The second-order valence-corrected chi connectivity index (χ2v) is 4.71. The van der Waals surface area contributed by atoms with E-state index in [1.54, 1.807) is 7.11 Å². The highest BCUT2D eigenvalue weighted by atomic mass is 35.5. The summed E-state index contributed by atoms with van der Waals surface area (Å²) in [6.45, 7) is 5.62. The van der Waals surface area contributed by atoms with Gasteiger partial charge < -0.3 is 15.2 Å². The first kappa shape index (κ1) is 18.2. The predicted molar refractivity (Wildman–Crippen MR) is 82.4 cm³/mol. The maximum absolute atomic E-state index is 5.89. The molecule has 3 nitrogen and oxygen atoms in total. The summed E-state index contributed by atoms with van der Waals surface area (Å²) in [6, 6.07) is 6.49. The van der Waals surface area contributed by atoms with Crippen LogP contribution in [0.4, 0.5) is 0 Å². The highest BCUT2D eigenvalue weighted by molar-refractivity contribution is 5.85. The molecule has 0 fully saturated rings. The van der Waals surface area contributed by atoms with E-state index in [1.807, 2.05) is 6.92 Å². The average molecular weight is 288 g/mol. The van der Waals surface area contributed by atoms with Gasteiger partial charge in [0.05, 0.1) is 13.2 Å². The van der Waals surface area contributed by atoms with E-state index in [1.165, 1.54) is 11.1 Å². The molecule has 0 heterocycles. The molecule has 0 aliphatic rings. The summed E-state index contributed by atoms with van der Waals surface area (Å²) in [5, 5.41) is 0. The topological polar surface area (TPSA) is 44.5 Å². The molecule has 110 valence electrons. The highest BCUT2D eigenvalue weighted by Crippen LogP contribution is 2.22. The number of halogens is 1. The number of methoxy groups -OCH3 is 1. The fraction of sp³-hybridized carbons (Fsp3) is 0.600. The predicted octanol–water partition coefficient (Wildman–Crippen LogP) is 2.98. The van der Waals surface area contributed by atoms with E-state index in [0.717, 1.165) is 38.2 Å². The largest absolute Gasteiger partial charge is 0.493 e. The van der Waals surface area contributed by atoms with Crippen molar-refractivity contribution in [2.24, 2.45) is 5.73 Å². The first-order valence-electron chi connectivity index (χ1n) is 6.66. The van der Waals surface area contributed by atoms with Crippen LogP contribution in [-0.2, 0) is 17.6 Å². The molecule has 1 atom stereocenters. The fourth-order valence-corrected chi connectivity index (χ4v) is 1.87. The van der Waals surface area contributed by atoms with Crippen LogP contribution in [0.15, 0.2) is 18.2 Å². The van der Waals surface area contributed by atoms with Gasteiger partial charge >= 0.3 is 0 Å². The van der Waals surface area contributed by atoms with Gasteiger partial charge in [-0.2, -0.15) is 0 Å². The SMILES string of the molecule is CCCOc1ccc(CCOC)cc1CC(C)N.Cl. The number of benzene rings is 1. The summed E-state index contributed by atoms with van der Waals surface area (Å²) in [7, 11) is 1.72. The summed E-state index contributed by atoms with van der Waals surface area (Å²) in [6.07, 6.45) is 2.79. The van der Waals surface area contributed by atoms with Crippen molar-refractivity contribution in [1.29, 1.82) is 0 Å². The number of ether oxygens (including phenoxy) is 2. The fourth-order valence-electron chi connectivity index (χ4n) is 1.87. The summed E-state index contributed by atoms with van der Waals surface area (Å²) < 4.78 is 10.9. The molecule has 0 spiro atoms. The van der Waals surface area contributed by atoms with Gasteiger partial charge in [-0.15, -0.1) is 12.4 Å². The molecule has 0 saturated heterocycles. The van der Waals surface area contributed by atoms with Gasteiger partial charge in [0.1, 0.15) is 5.75 Å². The van der Waals surface area contributed by atoms with Gasteiger partial charge in [0.2, 0.25) is 0 Å². The van der Waals surface area contributed by atoms with E-state index >= 15 is 0 Å². The van der Waals surface area contributed by atoms with Gasteiger partial charge in [-0.1, -0.05) is 19.1 Å². The molecule has 0 aliphatic heterocycles. The minimum absolute atomic E-state index is 0. The van der Waals surface area contributed by atoms with Crippen LogP contribution in [0.2, 0.25) is 0 Å². The Bertz CT molecular complexity index is 356. The van der Waals surface area contributed by atoms with Crippen molar-refractivity contribution in [2.75, 3.05) is 20.3 Å². The Labute approximate surface area is 122 Å². The van der Waals surface area contributed by atoms with Crippen LogP contribution < -0.4 is 10.5 Å². The van der Waals surface area contributed by atoms with Gasteiger partial charge in [-0.25, -0.2) is 0 Å². The molecule has 0 saturated carbocycles. The number of rotatable bonds is 8. The molecule has 1 rings (SSSR count). The summed E-state index contributed by atoms with van der Waals surface area (Å²) >= 11 is 0. The van der Waals surface area contributed by atoms with Crippen molar-refractivity contribution in [3.8, 4) is 5.75 Å². The van der Waals surface area contributed by atoms with E-state index in [0.29, 0.717) is 0 Å². The zero-order chi connectivity index (χ0) is 13.4. The third-order valence-corrected chi connectivity index (χ3v) is 2.72. The van der Waals surface area contributed by atoms with Crippen molar-refractivity contribution < 1.29 is 9.47 Å². The first-order chi connectivity index (χ1) is 8.67. The average Bonchev–Trinajstić information content (AvgIpc) is 2.34. The van der Waals surface area contributed by atoms with Crippen LogP contribution in [0.1, 0.15) is 31.4 Å². The summed E-state index contributed by atoms with van der Waals surface area (Å²) in [5.74, 6) is 0.968. The lowest BCUT2D eigenvalue weighted by Gasteiger charge is -2.14. The zero-order valence-electron chi connectivity index (χ0n) is 12.1. The van der Waals surface area contributed by atoms with Crippen LogP contribution in [0.5, 0.6) is 5.75 Å². The molecular formula is C15H26ClNO2. The lowest BCUT2D eigenvalue weighted by molar-refractivity contribution is 0.202. The van der Waals surface area contributed by atoms with Gasteiger partial charge in [0, 0.05) is 13.2 Å². The standard InChI is InChI=1S/C15H25NO2.ClH/c1-4-8-18-15-6-5-13(7-9-17-3)11-14(15)10-12(2)16;/h5-6,11-12H,4,7-10,16H2,1-3H3;1H. The van der Waals surface area contributed by atoms with E-state index < -0.39 is 0 Å². The summed E-state index contributed by atoms with van der Waals surface area (Å²) in [4.78, 5) is 0. The highest BCUT2D eigenvalue weighted by Gasteiger charge is 2.07. The van der Waals surface area contributed by atoms with E-state index in [9.17, 15) is 0 Å². The third kappa shape index (κ3) is 6.81. The maximum Gasteiger partial charge on any atom is 0.122 e. The van der Waals surface area contributed by atoms with E-state index in [4.69, 9.17) is 15.2 Å². The molecule has 1 unspecified atom stereocenters. The lowest BCUT2D eigenvalue weighted by atomic mass is 10.0. The zero-order valence-corrected chi connectivity index (χ0v) is 13.0. The molecule has 1 aromatic carbocycles. The smallest absolute Gasteiger partial charge is 0.122 e. The van der Waals surface area contributed by atoms with E-state index in [-0.39, 0.29) is 18.4 Å². The molecule has 0 aliphatic carbocycles. The number of hydrogen-bond donors (Lipinski definition) is 1. The number of hydrogen-bond acceptors (Lipinski definition) is 3.